The Labute approximate surface area is 236 Å². The van der Waals surface area contributed by atoms with Gasteiger partial charge in [-0.3, -0.25) is 19.3 Å². The molecular formula is C30H33F3N4O4. The summed E-state index contributed by atoms with van der Waals surface area (Å²) in [7, 11) is 0. The number of fused-ring (bicyclic) bond motifs is 1. The highest BCUT2D eigenvalue weighted by Gasteiger charge is 2.41. The lowest BCUT2D eigenvalue weighted by atomic mass is 9.93. The van der Waals surface area contributed by atoms with Gasteiger partial charge in [0.25, 0.3) is 11.8 Å². The topological polar surface area (TPSA) is 73.4 Å². The fourth-order valence-electron chi connectivity index (χ4n) is 6.43. The molecule has 1 atom stereocenters. The van der Waals surface area contributed by atoms with E-state index in [1.807, 2.05) is 15.9 Å². The summed E-state index contributed by atoms with van der Waals surface area (Å²) in [6.07, 6.45) is -1.50. The molecule has 0 spiro atoms. The van der Waals surface area contributed by atoms with Gasteiger partial charge in [0.15, 0.2) is 0 Å². The maximum absolute atomic E-state index is 13.3. The second-order valence-corrected chi connectivity index (χ2v) is 11.2. The average molecular weight is 571 g/mol. The first-order chi connectivity index (χ1) is 19.7. The normalized spacial score (nSPS) is 22.1. The number of carbonyl (C=O) groups is 3. The van der Waals surface area contributed by atoms with Crippen molar-refractivity contribution in [1.29, 1.82) is 0 Å². The van der Waals surface area contributed by atoms with Gasteiger partial charge in [0.2, 0.25) is 5.91 Å². The second kappa shape index (κ2) is 11.0. The Kier molecular flexibility index (Phi) is 7.39. The summed E-state index contributed by atoms with van der Waals surface area (Å²) < 4.78 is 45.0. The molecule has 0 N–H and O–H groups in total. The number of piperazine rings is 1. The van der Waals surface area contributed by atoms with Crippen LogP contribution in [0.25, 0.3) is 0 Å². The van der Waals surface area contributed by atoms with Gasteiger partial charge in [0, 0.05) is 57.5 Å². The zero-order valence-electron chi connectivity index (χ0n) is 22.7. The highest BCUT2D eigenvalue weighted by Crippen LogP contribution is 2.35. The van der Waals surface area contributed by atoms with E-state index in [1.165, 1.54) is 11.0 Å². The van der Waals surface area contributed by atoms with Crippen LogP contribution in [0.2, 0.25) is 0 Å². The summed E-state index contributed by atoms with van der Waals surface area (Å²) in [5.74, 6) is -0.651. The van der Waals surface area contributed by atoms with E-state index >= 15 is 0 Å². The van der Waals surface area contributed by atoms with Gasteiger partial charge in [-0.1, -0.05) is 12.1 Å². The Morgan fingerprint density at radius 3 is 2.29 bits per heavy atom. The number of amides is 3. The van der Waals surface area contributed by atoms with Crippen LogP contribution >= 0.6 is 0 Å². The standard InChI is InChI=1S/C30H33F3N4O4/c31-30(32,33)21-4-1-5-22(18-21)34-13-15-36(16-14-34)27(38)20-9-11-35(12-10-20)25-8-2-7-24-26(25)29(40)37(28(24)39)19-23-6-3-17-41-23/h1-2,4-5,7-8,18,20,23H,3,6,9-17,19H2/t23-/m0/s1. The fraction of sp³-hybridized carbons (Fsp3) is 0.500. The number of anilines is 2. The number of alkyl halides is 3. The molecule has 41 heavy (non-hydrogen) atoms. The first kappa shape index (κ1) is 27.6. The fourth-order valence-corrected chi connectivity index (χ4v) is 6.43. The third-order valence-electron chi connectivity index (χ3n) is 8.70. The molecule has 2 aromatic rings. The molecule has 0 aromatic heterocycles. The molecule has 3 amide bonds. The summed E-state index contributed by atoms with van der Waals surface area (Å²) in [4.78, 5) is 46.8. The van der Waals surface area contributed by atoms with E-state index in [0.717, 1.165) is 30.7 Å². The van der Waals surface area contributed by atoms with Crippen molar-refractivity contribution in [2.75, 3.05) is 62.2 Å². The number of hydrogen-bond donors (Lipinski definition) is 0. The smallest absolute Gasteiger partial charge is 0.376 e. The van der Waals surface area contributed by atoms with Crippen LogP contribution in [0.3, 0.4) is 0 Å². The lowest BCUT2D eigenvalue weighted by molar-refractivity contribution is -0.137. The maximum Gasteiger partial charge on any atom is 0.416 e. The molecule has 218 valence electrons. The molecule has 3 saturated heterocycles. The molecule has 0 saturated carbocycles. The van der Waals surface area contributed by atoms with E-state index in [9.17, 15) is 27.6 Å². The minimum absolute atomic E-state index is 0.0700. The van der Waals surface area contributed by atoms with Gasteiger partial charge >= 0.3 is 6.18 Å². The quantitative estimate of drug-likeness (QED) is 0.506. The monoisotopic (exact) mass is 570 g/mol. The molecule has 3 fully saturated rings. The van der Waals surface area contributed by atoms with E-state index in [2.05, 4.69) is 4.90 Å². The van der Waals surface area contributed by atoms with Crippen molar-refractivity contribution in [2.45, 2.75) is 38.0 Å². The summed E-state index contributed by atoms with van der Waals surface area (Å²) in [6.45, 7) is 3.95. The SMILES string of the molecule is O=C(C1CCN(c2cccc3c2C(=O)N(C[C@@H]2CCCO2)C3=O)CC1)N1CCN(c2cccc(C(F)(F)F)c2)CC1. The Bertz CT molecular complexity index is 1330. The van der Waals surface area contributed by atoms with Crippen LogP contribution in [0.15, 0.2) is 42.5 Å². The number of benzene rings is 2. The van der Waals surface area contributed by atoms with Gasteiger partial charge in [-0.15, -0.1) is 0 Å². The number of hydrogen-bond acceptors (Lipinski definition) is 6. The van der Waals surface area contributed by atoms with Crippen molar-refractivity contribution in [3.8, 4) is 0 Å². The van der Waals surface area contributed by atoms with Crippen LogP contribution in [-0.4, -0.2) is 86.0 Å². The maximum atomic E-state index is 13.3. The van der Waals surface area contributed by atoms with Crippen molar-refractivity contribution in [3.63, 3.8) is 0 Å². The van der Waals surface area contributed by atoms with Crippen molar-refractivity contribution in [2.24, 2.45) is 5.92 Å². The predicted octanol–water partition coefficient (Wildman–Crippen LogP) is 4.05. The van der Waals surface area contributed by atoms with Crippen LogP contribution in [0.1, 0.15) is 52.0 Å². The number of carbonyl (C=O) groups excluding carboxylic acids is 3. The van der Waals surface area contributed by atoms with E-state index in [1.54, 1.807) is 18.2 Å². The molecule has 0 bridgehead atoms. The first-order valence-corrected chi connectivity index (χ1v) is 14.3. The Balaban J connectivity index is 1.05. The molecule has 0 unspecified atom stereocenters. The van der Waals surface area contributed by atoms with Crippen LogP contribution in [0.4, 0.5) is 24.5 Å². The Morgan fingerprint density at radius 1 is 0.878 bits per heavy atom. The van der Waals surface area contributed by atoms with Gasteiger partial charge in [-0.05, 0) is 56.0 Å². The van der Waals surface area contributed by atoms with Gasteiger partial charge in [0.05, 0.1) is 35.0 Å². The Hall–Kier alpha value is -3.60. The Morgan fingerprint density at radius 2 is 1.61 bits per heavy atom. The van der Waals surface area contributed by atoms with Crippen LogP contribution < -0.4 is 9.80 Å². The third kappa shape index (κ3) is 5.39. The highest BCUT2D eigenvalue weighted by atomic mass is 19.4. The van der Waals surface area contributed by atoms with E-state index in [4.69, 9.17) is 4.74 Å². The number of nitrogens with zero attached hydrogens (tertiary/aromatic N) is 4. The minimum Gasteiger partial charge on any atom is -0.376 e. The minimum atomic E-state index is -4.39. The predicted molar refractivity (Wildman–Crippen MR) is 146 cm³/mol. The zero-order valence-corrected chi connectivity index (χ0v) is 22.7. The van der Waals surface area contributed by atoms with Gasteiger partial charge < -0.3 is 19.4 Å². The lowest BCUT2D eigenvalue weighted by Crippen LogP contribution is -2.51. The number of imide groups is 1. The number of ether oxygens (including phenoxy) is 1. The molecule has 8 nitrogen and oxygen atoms in total. The third-order valence-corrected chi connectivity index (χ3v) is 8.70. The van der Waals surface area contributed by atoms with Crippen molar-refractivity contribution in [3.05, 3.63) is 59.2 Å². The van der Waals surface area contributed by atoms with Crippen molar-refractivity contribution >= 4 is 29.1 Å². The molecular weight excluding hydrogens is 537 g/mol. The van der Waals surface area contributed by atoms with Crippen LogP contribution in [0.5, 0.6) is 0 Å². The molecule has 4 aliphatic heterocycles. The molecule has 2 aromatic carbocycles. The molecule has 11 heteroatoms. The number of rotatable bonds is 5. The summed E-state index contributed by atoms with van der Waals surface area (Å²) in [5.41, 5.74) is 1.42. The summed E-state index contributed by atoms with van der Waals surface area (Å²) >= 11 is 0. The zero-order chi connectivity index (χ0) is 28.7. The van der Waals surface area contributed by atoms with E-state index < -0.39 is 11.7 Å². The van der Waals surface area contributed by atoms with Crippen LogP contribution in [0, 0.1) is 5.92 Å². The average Bonchev–Trinajstić information content (AvgIpc) is 3.59. The molecule has 0 aliphatic carbocycles. The summed E-state index contributed by atoms with van der Waals surface area (Å²) in [5, 5.41) is 0. The van der Waals surface area contributed by atoms with Gasteiger partial charge in [-0.25, -0.2) is 0 Å². The molecule has 0 radical (unpaired) electrons. The number of halogens is 3. The van der Waals surface area contributed by atoms with Gasteiger partial charge in [-0.2, -0.15) is 13.2 Å². The molecule has 4 heterocycles. The second-order valence-electron chi connectivity index (χ2n) is 11.2. The van der Waals surface area contributed by atoms with E-state index in [-0.39, 0.29) is 36.3 Å². The van der Waals surface area contributed by atoms with Crippen LogP contribution in [-0.2, 0) is 15.7 Å². The lowest BCUT2D eigenvalue weighted by Gasteiger charge is -2.40. The largest absolute Gasteiger partial charge is 0.416 e. The van der Waals surface area contributed by atoms with Crippen molar-refractivity contribution in [1.82, 2.24) is 9.80 Å². The van der Waals surface area contributed by atoms with Crippen molar-refractivity contribution < 1.29 is 32.3 Å². The molecule has 6 rings (SSSR count). The van der Waals surface area contributed by atoms with Gasteiger partial charge in [0.1, 0.15) is 0 Å². The highest BCUT2D eigenvalue weighted by molar-refractivity contribution is 6.23. The molecule has 4 aliphatic rings. The number of piperidine rings is 1. The van der Waals surface area contributed by atoms with E-state index in [0.29, 0.717) is 75.5 Å². The summed E-state index contributed by atoms with van der Waals surface area (Å²) in [6, 6.07) is 10.7. The first-order valence-electron chi connectivity index (χ1n) is 14.3.